The first kappa shape index (κ1) is 17.8. The van der Waals surface area contributed by atoms with Gasteiger partial charge in [0.1, 0.15) is 29.7 Å². The summed E-state index contributed by atoms with van der Waals surface area (Å²) >= 11 is 0. The van der Waals surface area contributed by atoms with Gasteiger partial charge in [0.2, 0.25) is 15.9 Å². The Bertz CT molecular complexity index is 852. The van der Waals surface area contributed by atoms with Crippen LogP contribution in [-0.2, 0) is 14.8 Å². The van der Waals surface area contributed by atoms with E-state index in [4.69, 9.17) is 0 Å². The highest BCUT2D eigenvalue weighted by atomic mass is 32.2. The van der Waals surface area contributed by atoms with Crippen LogP contribution < -0.4 is 9.62 Å². The molecule has 2 aromatic carbocycles. The molecule has 1 amide bonds. The molecule has 0 saturated carbocycles. The number of nitrogens with zero attached hydrogens (tertiary/aromatic N) is 1. The number of nitrogens with one attached hydrogen (secondary N) is 1. The lowest BCUT2D eigenvalue weighted by atomic mass is 10.3. The zero-order valence-corrected chi connectivity index (χ0v) is 13.3. The fraction of sp³-hybridized carbons (Fsp3) is 0.133. The predicted octanol–water partition coefficient (Wildman–Crippen LogP) is 2.51. The molecule has 0 aliphatic carbocycles. The van der Waals surface area contributed by atoms with Crippen molar-refractivity contribution in [2.45, 2.75) is 0 Å². The van der Waals surface area contributed by atoms with Crippen molar-refractivity contribution in [3.8, 4) is 0 Å². The second-order valence-corrected chi connectivity index (χ2v) is 6.80. The number of sulfonamides is 1. The van der Waals surface area contributed by atoms with Crippen molar-refractivity contribution in [2.24, 2.45) is 0 Å². The zero-order chi connectivity index (χ0) is 17.9. The van der Waals surface area contributed by atoms with Crippen molar-refractivity contribution in [3.63, 3.8) is 0 Å². The Labute approximate surface area is 136 Å². The average Bonchev–Trinajstić information content (AvgIpc) is 2.47. The molecule has 0 radical (unpaired) electrons. The van der Waals surface area contributed by atoms with Crippen LogP contribution in [0.4, 0.5) is 24.5 Å². The third kappa shape index (κ3) is 4.25. The van der Waals surface area contributed by atoms with Gasteiger partial charge in [-0.15, -0.1) is 0 Å². The summed E-state index contributed by atoms with van der Waals surface area (Å²) in [5.74, 6) is -3.67. The molecule has 0 heterocycles. The number of halogens is 3. The summed E-state index contributed by atoms with van der Waals surface area (Å²) in [5.41, 5.74) is -0.767. The molecule has 128 valence electrons. The van der Waals surface area contributed by atoms with Gasteiger partial charge in [-0.05, 0) is 30.3 Å². The van der Waals surface area contributed by atoms with Gasteiger partial charge in [0.25, 0.3) is 0 Å². The van der Waals surface area contributed by atoms with Crippen LogP contribution in [0.15, 0.2) is 42.5 Å². The van der Waals surface area contributed by atoms with Crippen LogP contribution in [0, 0.1) is 17.5 Å². The van der Waals surface area contributed by atoms with Gasteiger partial charge in [0.05, 0.1) is 11.9 Å². The van der Waals surface area contributed by atoms with Crippen LogP contribution in [0.3, 0.4) is 0 Å². The molecule has 24 heavy (non-hydrogen) atoms. The van der Waals surface area contributed by atoms with Crippen molar-refractivity contribution in [3.05, 3.63) is 59.9 Å². The van der Waals surface area contributed by atoms with Crippen molar-refractivity contribution in [1.29, 1.82) is 0 Å². The number of amides is 1. The minimum atomic E-state index is -3.92. The number of hydrogen-bond donors (Lipinski definition) is 1. The molecule has 1 N–H and O–H groups in total. The van der Waals surface area contributed by atoms with E-state index in [1.54, 1.807) is 0 Å². The fourth-order valence-electron chi connectivity index (χ4n) is 1.96. The molecule has 0 aromatic heterocycles. The maximum Gasteiger partial charge on any atom is 0.245 e. The summed E-state index contributed by atoms with van der Waals surface area (Å²) in [4.78, 5) is 12.0. The molecule has 5 nitrogen and oxygen atoms in total. The Hall–Kier alpha value is -2.55. The van der Waals surface area contributed by atoms with E-state index in [-0.39, 0.29) is 5.69 Å². The molecule has 0 fully saturated rings. The molecular weight excluding hydrogens is 345 g/mol. The molecular formula is C15H13F3N2O3S. The van der Waals surface area contributed by atoms with Crippen LogP contribution >= 0.6 is 0 Å². The minimum Gasteiger partial charge on any atom is -0.320 e. The summed E-state index contributed by atoms with van der Waals surface area (Å²) in [5, 5.41) is 1.98. The Morgan fingerprint density at radius 1 is 1.08 bits per heavy atom. The highest BCUT2D eigenvalue weighted by Crippen LogP contribution is 2.20. The second-order valence-electron chi connectivity index (χ2n) is 4.89. The molecule has 2 rings (SSSR count). The highest BCUT2D eigenvalue weighted by molar-refractivity contribution is 7.92. The van der Waals surface area contributed by atoms with Gasteiger partial charge in [-0.3, -0.25) is 9.10 Å². The topological polar surface area (TPSA) is 66.5 Å². The van der Waals surface area contributed by atoms with Crippen LogP contribution in [0.1, 0.15) is 0 Å². The van der Waals surface area contributed by atoms with Crippen LogP contribution in [0.5, 0.6) is 0 Å². The molecule has 0 atom stereocenters. The Morgan fingerprint density at radius 2 is 1.67 bits per heavy atom. The highest BCUT2D eigenvalue weighted by Gasteiger charge is 2.22. The number of benzene rings is 2. The van der Waals surface area contributed by atoms with E-state index < -0.39 is 45.6 Å². The number of carbonyl (C=O) groups is 1. The predicted molar refractivity (Wildman–Crippen MR) is 83.6 cm³/mol. The number of carbonyl (C=O) groups excluding carboxylic acids is 1. The lowest BCUT2D eigenvalue weighted by Crippen LogP contribution is -2.37. The molecule has 0 unspecified atom stereocenters. The molecule has 0 bridgehead atoms. The number of para-hydroxylation sites is 1. The third-order valence-electron chi connectivity index (χ3n) is 3.01. The standard InChI is InChI=1S/C15H13F3N2O3S/c1-24(22,23)20(11-5-2-4-10(16)8-11)9-14(21)19-15-12(17)6-3-7-13(15)18/h2-8H,9H2,1H3,(H,19,21). The van der Waals surface area contributed by atoms with Crippen molar-refractivity contribution in [2.75, 3.05) is 22.4 Å². The van der Waals surface area contributed by atoms with Crippen molar-refractivity contribution < 1.29 is 26.4 Å². The van der Waals surface area contributed by atoms with Gasteiger partial charge in [0, 0.05) is 0 Å². The van der Waals surface area contributed by atoms with E-state index in [1.165, 1.54) is 12.1 Å². The smallest absolute Gasteiger partial charge is 0.245 e. The largest absolute Gasteiger partial charge is 0.320 e. The normalized spacial score (nSPS) is 11.2. The SMILES string of the molecule is CS(=O)(=O)N(CC(=O)Nc1c(F)cccc1F)c1cccc(F)c1. The maximum absolute atomic E-state index is 13.5. The van der Waals surface area contributed by atoms with E-state index in [0.29, 0.717) is 4.31 Å². The minimum absolute atomic E-state index is 0.0818. The Kier molecular flexibility index (Phi) is 5.13. The quantitative estimate of drug-likeness (QED) is 0.893. The van der Waals surface area contributed by atoms with E-state index >= 15 is 0 Å². The number of rotatable bonds is 5. The van der Waals surface area contributed by atoms with Gasteiger partial charge in [0.15, 0.2) is 0 Å². The molecule has 0 aliphatic rings. The zero-order valence-electron chi connectivity index (χ0n) is 12.5. The third-order valence-corrected chi connectivity index (χ3v) is 4.15. The van der Waals surface area contributed by atoms with E-state index in [9.17, 15) is 26.4 Å². The van der Waals surface area contributed by atoms with E-state index in [0.717, 1.165) is 36.6 Å². The van der Waals surface area contributed by atoms with Crippen molar-refractivity contribution >= 4 is 27.3 Å². The first-order valence-electron chi connectivity index (χ1n) is 6.65. The van der Waals surface area contributed by atoms with E-state index in [1.807, 2.05) is 5.32 Å². The molecule has 0 spiro atoms. The van der Waals surface area contributed by atoms with Gasteiger partial charge < -0.3 is 5.32 Å². The fourth-order valence-corrected chi connectivity index (χ4v) is 2.81. The second kappa shape index (κ2) is 6.91. The van der Waals surface area contributed by atoms with E-state index in [2.05, 4.69) is 0 Å². The molecule has 0 saturated heterocycles. The van der Waals surface area contributed by atoms with Gasteiger partial charge in [-0.25, -0.2) is 21.6 Å². The van der Waals surface area contributed by atoms with Crippen LogP contribution in [0.2, 0.25) is 0 Å². The number of hydrogen-bond acceptors (Lipinski definition) is 3. The summed E-state index contributed by atoms with van der Waals surface area (Å²) in [6.07, 6.45) is 0.828. The van der Waals surface area contributed by atoms with Crippen LogP contribution in [0.25, 0.3) is 0 Å². The summed E-state index contributed by atoms with van der Waals surface area (Å²) in [6, 6.07) is 7.62. The lowest BCUT2D eigenvalue weighted by Gasteiger charge is -2.22. The molecule has 0 aliphatic heterocycles. The first-order valence-corrected chi connectivity index (χ1v) is 8.50. The Morgan fingerprint density at radius 3 is 2.21 bits per heavy atom. The Balaban J connectivity index is 2.26. The number of anilines is 2. The van der Waals surface area contributed by atoms with Gasteiger partial charge in [-0.2, -0.15) is 0 Å². The van der Waals surface area contributed by atoms with Gasteiger partial charge >= 0.3 is 0 Å². The first-order chi connectivity index (χ1) is 11.2. The molecule has 2 aromatic rings. The average molecular weight is 358 g/mol. The van der Waals surface area contributed by atoms with Crippen molar-refractivity contribution in [1.82, 2.24) is 0 Å². The molecule has 9 heteroatoms. The summed E-state index contributed by atoms with van der Waals surface area (Å²) < 4.78 is 64.6. The maximum atomic E-state index is 13.5. The van der Waals surface area contributed by atoms with Gasteiger partial charge in [-0.1, -0.05) is 12.1 Å². The monoisotopic (exact) mass is 358 g/mol. The van der Waals surface area contributed by atoms with Crippen LogP contribution in [-0.4, -0.2) is 27.1 Å². The summed E-state index contributed by atoms with van der Waals surface area (Å²) in [7, 11) is -3.92. The summed E-state index contributed by atoms with van der Waals surface area (Å²) in [6.45, 7) is -0.768. The lowest BCUT2D eigenvalue weighted by molar-refractivity contribution is -0.114.